The van der Waals surface area contributed by atoms with E-state index in [1.165, 1.54) is 25.7 Å². The molecular weight excluding hydrogens is 296 g/mol. The van der Waals surface area contributed by atoms with E-state index in [9.17, 15) is 0 Å². The van der Waals surface area contributed by atoms with Crippen LogP contribution in [0.5, 0.6) is 0 Å². The highest BCUT2D eigenvalue weighted by molar-refractivity contribution is 5.10. The Morgan fingerprint density at radius 1 is 0.792 bits per heavy atom. The van der Waals surface area contributed by atoms with Crippen LogP contribution in [-0.4, -0.2) is 22.1 Å². The Morgan fingerprint density at radius 2 is 1.25 bits per heavy atom. The van der Waals surface area contributed by atoms with Gasteiger partial charge in [-0.1, -0.05) is 25.0 Å². The minimum absolute atomic E-state index is 0.267. The summed E-state index contributed by atoms with van der Waals surface area (Å²) in [6, 6.07) is 13.7. The van der Waals surface area contributed by atoms with Gasteiger partial charge in [-0.25, -0.2) is 0 Å². The second kappa shape index (κ2) is 8.36. The summed E-state index contributed by atoms with van der Waals surface area (Å²) in [4.78, 5) is 8.97. The summed E-state index contributed by atoms with van der Waals surface area (Å²) in [6.45, 7) is 4.41. The predicted molar refractivity (Wildman–Crippen MR) is 97.6 cm³/mol. The SMILES string of the molecule is C[C@H](N[C@H]1CCCC[C@H]1N[C@@H](C)c1ccccn1)c1ccccn1. The fourth-order valence-electron chi connectivity index (χ4n) is 3.61. The fourth-order valence-corrected chi connectivity index (χ4v) is 3.61. The van der Waals surface area contributed by atoms with E-state index in [-0.39, 0.29) is 12.1 Å². The molecule has 4 atom stereocenters. The Labute approximate surface area is 145 Å². The quantitative estimate of drug-likeness (QED) is 0.849. The molecule has 4 nitrogen and oxygen atoms in total. The zero-order valence-electron chi connectivity index (χ0n) is 14.7. The molecule has 0 radical (unpaired) electrons. The molecule has 3 rings (SSSR count). The molecule has 2 aromatic heterocycles. The van der Waals surface area contributed by atoms with Crippen LogP contribution >= 0.6 is 0 Å². The molecule has 128 valence electrons. The second-order valence-corrected chi connectivity index (χ2v) is 6.78. The van der Waals surface area contributed by atoms with Gasteiger partial charge in [0.25, 0.3) is 0 Å². The first kappa shape index (κ1) is 17.1. The van der Waals surface area contributed by atoms with Crippen LogP contribution in [0.4, 0.5) is 0 Å². The summed E-state index contributed by atoms with van der Waals surface area (Å²) in [5.41, 5.74) is 2.22. The van der Waals surface area contributed by atoms with Gasteiger partial charge in [-0.05, 0) is 51.0 Å². The first-order valence-electron chi connectivity index (χ1n) is 9.08. The number of hydrogen-bond acceptors (Lipinski definition) is 4. The molecule has 4 heteroatoms. The maximum absolute atomic E-state index is 4.48. The summed E-state index contributed by atoms with van der Waals surface area (Å²) in [6.07, 6.45) is 8.75. The molecule has 0 spiro atoms. The molecule has 0 bridgehead atoms. The van der Waals surface area contributed by atoms with E-state index in [1.54, 1.807) is 0 Å². The van der Waals surface area contributed by atoms with Gasteiger partial charge in [-0.2, -0.15) is 0 Å². The van der Waals surface area contributed by atoms with E-state index in [4.69, 9.17) is 0 Å². The van der Waals surface area contributed by atoms with Crippen LogP contribution < -0.4 is 10.6 Å². The minimum Gasteiger partial charge on any atom is -0.304 e. The molecule has 1 fully saturated rings. The zero-order chi connectivity index (χ0) is 16.8. The van der Waals surface area contributed by atoms with Crippen molar-refractivity contribution in [3.05, 3.63) is 60.2 Å². The van der Waals surface area contributed by atoms with Gasteiger partial charge in [0.05, 0.1) is 11.4 Å². The molecule has 2 aromatic rings. The number of nitrogens with zero attached hydrogens (tertiary/aromatic N) is 2. The van der Waals surface area contributed by atoms with Crippen molar-refractivity contribution in [3.63, 3.8) is 0 Å². The van der Waals surface area contributed by atoms with Gasteiger partial charge < -0.3 is 10.6 Å². The Hall–Kier alpha value is -1.78. The fraction of sp³-hybridized carbons (Fsp3) is 0.500. The van der Waals surface area contributed by atoms with E-state index >= 15 is 0 Å². The molecule has 0 aliphatic heterocycles. The molecule has 1 aliphatic carbocycles. The Bertz CT molecular complexity index is 546. The van der Waals surface area contributed by atoms with Crippen molar-refractivity contribution < 1.29 is 0 Å². The van der Waals surface area contributed by atoms with Gasteiger partial charge in [0.15, 0.2) is 0 Å². The lowest BCUT2D eigenvalue weighted by atomic mass is 9.89. The van der Waals surface area contributed by atoms with Gasteiger partial charge in [-0.3, -0.25) is 9.97 Å². The number of aromatic nitrogens is 2. The van der Waals surface area contributed by atoms with E-state index in [1.807, 2.05) is 24.5 Å². The highest BCUT2D eigenvalue weighted by Gasteiger charge is 2.28. The number of pyridine rings is 2. The van der Waals surface area contributed by atoms with Crippen LogP contribution in [0.15, 0.2) is 48.8 Å². The average molecular weight is 324 g/mol. The highest BCUT2D eigenvalue weighted by atomic mass is 15.1. The van der Waals surface area contributed by atoms with Crippen LogP contribution in [0, 0.1) is 0 Å². The largest absolute Gasteiger partial charge is 0.304 e. The zero-order valence-corrected chi connectivity index (χ0v) is 14.7. The van der Waals surface area contributed by atoms with E-state index < -0.39 is 0 Å². The summed E-state index contributed by atoms with van der Waals surface area (Å²) in [5.74, 6) is 0. The van der Waals surface area contributed by atoms with Crippen LogP contribution in [0.25, 0.3) is 0 Å². The molecule has 24 heavy (non-hydrogen) atoms. The maximum Gasteiger partial charge on any atom is 0.0570 e. The number of nitrogens with one attached hydrogen (secondary N) is 2. The van der Waals surface area contributed by atoms with Crippen molar-refractivity contribution in [2.75, 3.05) is 0 Å². The smallest absolute Gasteiger partial charge is 0.0570 e. The molecule has 0 unspecified atom stereocenters. The molecular formula is C20H28N4. The molecule has 1 saturated carbocycles. The monoisotopic (exact) mass is 324 g/mol. The Kier molecular flexibility index (Phi) is 5.94. The van der Waals surface area contributed by atoms with Crippen molar-refractivity contribution in [2.45, 2.75) is 63.7 Å². The Balaban J connectivity index is 1.63. The predicted octanol–water partition coefficient (Wildman–Crippen LogP) is 3.79. The standard InChI is InChI=1S/C20H28N4/c1-15(17-9-5-7-13-21-17)23-19-11-3-4-12-20(19)24-16(2)18-10-6-8-14-22-18/h5-10,13-16,19-20,23-24H,3-4,11-12H2,1-2H3/t15-,16-,19-,20+/m0/s1. The minimum atomic E-state index is 0.267. The average Bonchev–Trinajstić information content (AvgIpc) is 2.64. The third-order valence-electron chi connectivity index (χ3n) is 4.96. The summed E-state index contributed by atoms with van der Waals surface area (Å²) >= 11 is 0. The lowest BCUT2D eigenvalue weighted by Gasteiger charge is -2.36. The summed E-state index contributed by atoms with van der Waals surface area (Å²) in [5, 5.41) is 7.59. The van der Waals surface area contributed by atoms with Gasteiger partial charge in [0.1, 0.15) is 0 Å². The highest BCUT2D eigenvalue weighted by Crippen LogP contribution is 2.24. The van der Waals surface area contributed by atoms with Crippen LogP contribution in [0.3, 0.4) is 0 Å². The van der Waals surface area contributed by atoms with Crippen molar-refractivity contribution in [1.82, 2.24) is 20.6 Å². The van der Waals surface area contributed by atoms with Gasteiger partial charge in [0.2, 0.25) is 0 Å². The third kappa shape index (κ3) is 4.40. The molecule has 2 heterocycles. The molecule has 1 aliphatic rings. The van der Waals surface area contributed by atoms with E-state index in [2.05, 4.69) is 58.7 Å². The van der Waals surface area contributed by atoms with Crippen molar-refractivity contribution in [3.8, 4) is 0 Å². The van der Waals surface area contributed by atoms with E-state index in [0.29, 0.717) is 12.1 Å². The van der Waals surface area contributed by atoms with Crippen LogP contribution in [0.2, 0.25) is 0 Å². The topological polar surface area (TPSA) is 49.8 Å². The summed E-state index contributed by atoms with van der Waals surface area (Å²) < 4.78 is 0. The van der Waals surface area contributed by atoms with Crippen molar-refractivity contribution in [2.24, 2.45) is 0 Å². The lowest BCUT2D eigenvalue weighted by Crippen LogP contribution is -2.51. The van der Waals surface area contributed by atoms with Gasteiger partial charge >= 0.3 is 0 Å². The van der Waals surface area contributed by atoms with Crippen LogP contribution in [0.1, 0.15) is 63.0 Å². The third-order valence-corrected chi connectivity index (χ3v) is 4.96. The van der Waals surface area contributed by atoms with Gasteiger partial charge in [0, 0.05) is 36.6 Å². The Morgan fingerprint density at radius 3 is 1.62 bits per heavy atom. The first-order valence-corrected chi connectivity index (χ1v) is 9.08. The summed E-state index contributed by atoms with van der Waals surface area (Å²) in [7, 11) is 0. The first-order chi connectivity index (χ1) is 11.7. The lowest BCUT2D eigenvalue weighted by molar-refractivity contribution is 0.251. The van der Waals surface area contributed by atoms with Gasteiger partial charge in [-0.15, -0.1) is 0 Å². The normalized spacial score (nSPS) is 23.6. The van der Waals surface area contributed by atoms with Crippen molar-refractivity contribution in [1.29, 1.82) is 0 Å². The van der Waals surface area contributed by atoms with Crippen molar-refractivity contribution >= 4 is 0 Å². The van der Waals surface area contributed by atoms with E-state index in [0.717, 1.165) is 11.4 Å². The molecule has 0 amide bonds. The number of hydrogen-bond donors (Lipinski definition) is 2. The second-order valence-electron chi connectivity index (χ2n) is 6.78. The number of rotatable bonds is 6. The molecule has 0 saturated heterocycles. The molecule has 2 N–H and O–H groups in total. The maximum atomic E-state index is 4.48. The van der Waals surface area contributed by atoms with Crippen LogP contribution in [-0.2, 0) is 0 Å². The molecule has 0 aromatic carbocycles.